The Labute approximate surface area is 181 Å². The lowest BCUT2D eigenvalue weighted by molar-refractivity contribution is -0.117. The van der Waals surface area contributed by atoms with Crippen molar-refractivity contribution in [2.24, 2.45) is 0 Å². The number of benzene rings is 1. The number of nitrogens with one attached hydrogen (secondary N) is 1. The number of thiophene rings is 1. The summed E-state index contributed by atoms with van der Waals surface area (Å²) < 4.78 is 5.26. The number of aryl methyl sites for hydroxylation is 1. The van der Waals surface area contributed by atoms with Gasteiger partial charge in [-0.05, 0) is 19.4 Å². The molecule has 2 heterocycles. The molecule has 0 unspecified atom stereocenters. The molecule has 0 aliphatic carbocycles. The summed E-state index contributed by atoms with van der Waals surface area (Å²) in [5.41, 5.74) is 3.23. The lowest BCUT2D eigenvalue weighted by Gasteiger charge is -2.33. The zero-order chi connectivity index (χ0) is 21.5. The molecule has 0 atom stereocenters. The number of carbonyl (C=O) groups excluding carboxylic acids is 2. The van der Waals surface area contributed by atoms with E-state index in [1.165, 1.54) is 11.3 Å². The molecule has 1 fully saturated rings. The fourth-order valence-electron chi connectivity index (χ4n) is 3.48. The maximum Gasteiger partial charge on any atom is 0.341 e. The van der Waals surface area contributed by atoms with Crippen LogP contribution in [0.1, 0.15) is 22.8 Å². The van der Waals surface area contributed by atoms with Gasteiger partial charge >= 0.3 is 5.97 Å². The van der Waals surface area contributed by atoms with Crippen molar-refractivity contribution in [3.05, 3.63) is 40.8 Å². The average Bonchev–Trinajstić information content (AvgIpc) is 3.14. The lowest BCUT2D eigenvalue weighted by Crippen LogP contribution is -2.49. The van der Waals surface area contributed by atoms with Gasteiger partial charge in [0.1, 0.15) is 10.6 Å². The van der Waals surface area contributed by atoms with Gasteiger partial charge in [-0.3, -0.25) is 14.6 Å². The van der Waals surface area contributed by atoms with Gasteiger partial charge in [0.15, 0.2) is 0 Å². The SMILES string of the molecule is CCOC(=O)c1c(-c2ccc(C)cc2)csc1NC(=O)CN1CCN(CCO)CC1. The van der Waals surface area contributed by atoms with Gasteiger partial charge in [-0.25, -0.2) is 4.79 Å². The Morgan fingerprint density at radius 1 is 1.13 bits per heavy atom. The first-order chi connectivity index (χ1) is 14.5. The number of rotatable bonds is 8. The van der Waals surface area contributed by atoms with Gasteiger partial charge in [0.25, 0.3) is 0 Å². The van der Waals surface area contributed by atoms with Crippen LogP contribution in [-0.4, -0.2) is 79.3 Å². The molecule has 162 valence electrons. The minimum absolute atomic E-state index is 0.145. The first-order valence-corrected chi connectivity index (χ1v) is 11.1. The van der Waals surface area contributed by atoms with E-state index >= 15 is 0 Å². The van der Waals surface area contributed by atoms with Crippen molar-refractivity contribution in [2.75, 3.05) is 57.8 Å². The summed E-state index contributed by atoms with van der Waals surface area (Å²) in [6, 6.07) is 7.93. The number of carbonyl (C=O) groups is 2. The molecule has 1 aliphatic rings. The van der Waals surface area contributed by atoms with Gasteiger partial charge in [-0.2, -0.15) is 0 Å². The fraction of sp³-hybridized carbons (Fsp3) is 0.455. The Kier molecular flexibility index (Phi) is 7.98. The number of β-amino-alcohol motifs (C(OH)–C–C–N with tert-alkyl or cyclic N) is 1. The zero-order valence-electron chi connectivity index (χ0n) is 17.5. The Hall–Kier alpha value is -2.26. The maximum atomic E-state index is 12.7. The molecule has 2 N–H and O–H groups in total. The van der Waals surface area contributed by atoms with E-state index in [0.29, 0.717) is 17.1 Å². The molecule has 3 rings (SSSR count). The summed E-state index contributed by atoms with van der Waals surface area (Å²) in [6.07, 6.45) is 0. The van der Waals surface area contributed by atoms with E-state index in [9.17, 15) is 9.59 Å². The summed E-state index contributed by atoms with van der Waals surface area (Å²) in [5, 5.41) is 14.4. The third-order valence-corrected chi connectivity index (χ3v) is 6.03. The van der Waals surface area contributed by atoms with Gasteiger partial charge in [0, 0.05) is 43.7 Å². The molecule has 0 bridgehead atoms. The molecule has 7 nitrogen and oxygen atoms in total. The van der Waals surface area contributed by atoms with Crippen LogP contribution in [0.5, 0.6) is 0 Å². The van der Waals surface area contributed by atoms with Crippen LogP contribution in [0.3, 0.4) is 0 Å². The highest BCUT2D eigenvalue weighted by Gasteiger charge is 2.24. The highest BCUT2D eigenvalue weighted by atomic mass is 32.1. The van der Waals surface area contributed by atoms with Crippen LogP contribution in [-0.2, 0) is 9.53 Å². The second-order valence-corrected chi connectivity index (χ2v) is 8.21. The molecular formula is C22H29N3O4S. The smallest absolute Gasteiger partial charge is 0.341 e. The number of ether oxygens (including phenoxy) is 1. The number of aliphatic hydroxyl groups excluding tert-OH is 1. The van der Waals surface area contributed by atoms with Gasteiger partial charge in [-0.1, -0.05) is 29.8 Å². The quantitative estimate of drug-likeness (QED) is 0.625. The standard InChI is InChI=1S/C22H29N3O4S/c1-3-29-22(28)20-18(17-6-4-16(2)5-7-17)15-30-21(20)23-19(27)14-25-10-8-24(9-11-25)12-13-26/h4-7,15,26H,3,8-14H2,1-2H3,(H,23,27). The van der Waals surface area contributed by atoms with Crippen LogP contribution < -0.4 is 5.32 Å². The minimum Gasteiger partial charge on any atom is -0.462 e. The number of esters is 1. The van der Waals surface area contributed by atoms with Crippen molar-refractivity contribution in [1.29, 1.82) is 0 Å². The topological polar surface area (TPSA) is 82.1 Å². The molecule has 30 heavy (non-hydrogen) atoms. The molecule has 1 aliphatic heterocycles. The molecular weight excluding hydrogens is 402 g/mol. The molecule has 0 saturated carbocycles. The van der Waals surface area contributed by atoms with Crippen LogP contribution in [0.4, 0.5) is 5.00 Å². The minimum atomic E-state index is -0.428. The third kappa shape index (κ3) is 5.66. The highest BCUT2D eigenvalue weighted by Crippen LogP contribution is 2.36. The first kappa shape index (κ1) is 22.4. The number of hydrogen-bond acceptors (Lipinski definition) is 7. The van der Waals surface area contributed by atoms with Crippen molar-refractivity contribution in [1.82, 2.24) is 9.80 Å². The summed E-state index contributed by atoms with van der Waals surface area (Å²) in [5.74, 6) is -0.573. The van der Waals surface area contributed by atoms with Crippen LogP contribution >= 0.6 is 11.3 Å². The monoisotopic (exact) mass is 431 g/mol. The van der Waals surface area contributed by atoms with E-state index in [0.717, 1.165) is 42.9 Å². The Morgan fingerprint density at radius 2 is 1.80 bits per heavy atom. The van der Waals surface area contributed by atoms with E-state index in [4.69, 9.17) is 9.84 Å². The number of piperazine rings is 1. The first-order valence-electron chi connectivity index (χ1n) is 10.2. The predicted molar refractivity (Wildman–Crippen MR) is 119 cm³/mol. The fourth-order valence-corrected chi connectivity index (χ4v) is 4.46. The molecule has 0 radical (unpaired) electrons. The number of aliphatic hydroxyl groups is 1. The molecule has 1 aromatic heterocycles. The number of hydrogen-bond donors (Lipinski definition) is 2. The second-order valence-electron chi connectivity index (χ2n) is 7.33. The molecule has 0 spiro atoms. The van der Waals surface area contributed by atoms with Crippen molar-refractivity contribution >= 4 is 28.2 Å². The third-order valence-electron chi connectivity index (χ3n) is 5.13. The van der Waals surface area contributed by atoms with Crippen LogP contribution in [0, 0.1) is 6.92 Å². The van der Waals surface area contributed by atoms with E-state index < -0.39 is 5.97 Å². The normalized spacial score (nSPS) is 15.2. The summed E-state index contributed by atoms with van der Waals surface area (Å²) in [4.78, 5) is 29.6. The average molecular weight is 432 g/mol. The van der Waals surface area contributed by atoms with Crippen molar-refractivity contribution < 1.29 is 19.4 Å². The molecule has 2 aromatic rings. The van der Waals surface area contributed by atoms with Crippen molar-refractivity contribution in [2.45, 2.75) is 13.8 Å². The molecule has 1 saturated heterocycles. The van der Waals surface area contributed by atoms with Gasteiger partial charge in [0.05, 0.1) is 19.8 Å². The Morgan fingerprint density at radius 3 is 2.43 bits per heavy atom. The highest BCUT2D eigenvalue weighted by molar-refractivity contribution is 7.15. The predicted octanol–water partition coefficient (Wildman–Crippen LogP) is 2.45. The van der Waals surface area contributed by atoms with Gasteiger partial charge in [0.2, 0.25) is 5.91 Å². The van der Waals surface area contributed by atoms with Crippen LogP contribution in [0.25, 0.3) is 11.1 Å². The van der Waals surface area contributed by atoms with E-state index in [1.807, 2.05) is 36.6 Å². The van der Waals surface area contributed by atoms with Gasteiger partial charge in [-0.15, -0.1) is 11.3 Å². The number of amides is 1. The largest absolute Gasteiger partial charge is 0.462 e. The maximum absolute atomic E-state index is 12.7. The zero-order valence-corrected chi connectivity index (χ0v) is 18.3. The molecule has 8 heteroatoms. The summed E-state index contributed by atoms with van der Waals surface area (Å²) in [6.45, 7) is 8.36. The van der Waals surface area contributed by atoms with Crippen molar-refractivity contribution in [3.8, 4) is 11.1 Å². The second kappa shape index (κ2) is 10.7. The lowest BCUT2D eigenvalue weighted by atomic mass is 10.0. The molecule has 1 aromatic carbocycles. The summed E-state index contributed by atoms with van der Waals surface area (Å²) in [7, 11) is 0. The molecule has 1 amide bonds. The van der Waals surface area contributed by atoms with Crippen LogP contribution in [0.2, 0.25) is 0 Å². The number of anilines is 1. The Balaban J connectivity index is 1.71. The van der Waals surface area contributed by atoms with Crippen LogP contribution in [0.15, 0.2) is 29.6 Å². The van der Waals surface area contributed by atoms with Gasteiger partial charge < -0.3 is 15.2 Å². The number of nitrogens with zero attached hydrogens (tertiary/aromatic N) is 2. The summed E-state index contributed by atoms with van der Waals surface area (Å²) >= 11 is 1.34. The van der Waals surface area contributed by atoms with E-state index in [-0.39, 0.29) is 25.7 Å². The van der Waals surface area contributed by atoms with Crippen molar-refractivity contribution in [3.63, 3.8) is 0 Å². The Bertz CT molecular complexity index is 858. The van der Waals surface area contributed by atoms with E-state index in [1.54, 1.807) is 6.92 Å². The van der Waals surface area contributed by atoms with E-state index in [2.05, 4.69) is 15.1 Å².